The van der Waals surface area contributed by atoms with Crippen molar-refractivity contribution in [3.05, 3.63) is 40.0 Å². The van der Waals surface area contributed by atoms with Crippen molar-refractivity contribution < 1.29 is 0 Å². The molecular formula is C15H15ClN3. The molecule has 4 heteroatoms. The van der Waals surface area contributed by atoms with Crippen LogP contribution < -0.4 is 5.43 Å². The first-order valence-electron chi connectivity index (χ1n) is 6.42. The number of allylic oxidation sites excluding steroid dienone is 1. The Morgan fingerprint density at radius 2 is 2.11 bits per heavy atom. The highest BCUT2D eigenvalue weighted by Gasteiger charge is 2.23. The van der Waals surface area contributed by atoms with Gasteiger partial charge >= 0.3 is 0 Å². The van der Waals surface area contributed by atoms with E-state index in [9.17, 15) is 0 Å². The second-order valence-corrected chi connectivity index (χ2v) is 4.78. The highest BCUT2D eigenvalue weighted by molar-refractivity contribution is 6.44. The lowest BCUT2D eigenvalue weighted by molar-refractivity contribution is 0.919. The Labute approximate surface area is 118 Å². The molecule has 97 valence electrons. The Balaban J connectivity index is 2.54. The Kier molecular flexibility index (Phi) is 4.24. The summed E-state index contributed by atoms with van der Waals surface area (Å²) in [5.41, 5.74) is 8.17. The van der Waals surface area contributed by atoms with Crippen molar-refractivity contribution in [3.8, 4) is 6.07 Å². The van der Waals surface area contributed by atoms with Crippen molar-refractivity contribution in [1.29, 1.82) is 5.26 Å². The Morgan fingerprint density at radius 3 is 2.74 bits per heavy atom. The summed E-state index contributed by atoms with van der Waals surface area (Å²) >= 11 is 6.09. The molecule has 0 bridgehead atoms. The number of halogens is 1. The maximum absolute atomic E-state index is 9.12. The number of hydrogen-bond acceptors (Lipinski definition) is 2. The second-order valence-electron chi connectivity index (χ2n) is 4.42. The second kappa shape index (κ2) is 5.90. The molecule has 19 heavy (non-hydrogen) atoms. The van der Waals surface area contributed by atoms with Crippen LogP contribution in [0.5, 0.6) is 0 Å². The Morgan fingerprint density at radius 1 is 1.32 bits per heavy atom. The lowest BCUT2D eigenvalue weighted by Gasteiger charge is -2.11. The standard InChI is InChI=1S/C15H15ClN3/c1-3-5-10-6-7-11(4-2)12(8-10)14-13(9-17)18-19-15(14)16/h6-8H,3-5H2,1-2H3. The van der Waals surface area contributed by atoms with Gasteiger partial charge in [-0.1, -0.05) is 50.1 Å². The van der Waals surface area contributed by atoms with E-state index in [1.54, 1.807) is 0 Å². The van der Waals surface area contributed by atoms with Crippen molar-refractivity contribution in [2.45, 2.75) is 33.1 Å². The van der Waals surface area contributed by atoms with E-state index in [2.05, 4.69) is 48.6 Å². The largest absolute Gasteiger partial charge is 0.191 e. The minimum absolute atomic E-state index is 0.299. The number of rotatable bonds is 4. The van der Waals surface area contributed by atoms with Crippen LogP contribution in [0, 0.1) is 11.3 Å². The van der Waals surface area contributed by atoms with Gasteiger partial charge in [0, 0.05) is 0 Å². The van der Waals surface area contributed by atoms with Crippen LogP contribution in [0.2, 0.25) is 0 Å². The molecule has 0 atom stereocenters. The first-order valence-corrected chi connectivity index (χ1v) is 6.80. The molecule has 0 amide bonds. The summed E-state index contributed by atoms with van der Waals surface area (Å²) in [5, 5.41) is 13.2. The quantitative estimate of drug-likeness (QED) is 0.773. The third kappa shape index (κ3) is 2.64. The fraction of sp³-hybridized carbons (Fsp3) is 0.333. The summed E-state index contributed by atoms with van der Waals surface area (Å²) < 4.78 is 0. The molecular weight excluding hydrogens is 258 g/mol. The molecule has 0 saturated heterocycles. The average molecular weight is 273 g/mol. The average Bonchev–Trinajstić information content (AvgIpc) is 2.80. The zero-order chi connectivity index (χ0) is 13.8. The van der Waals surface area contributed by atoms with Gasteiger partial charge in [-0.05, 0) is 29.5 Å². The molecule has 3 nitrogen and oxygen atoms in total. The molecule has 1 aromatic rings. The van der Waals surface area contributed by atoms with Gasteiger partial charge in [-0.2, -0.15) is 5.26 Å². The van der Waals surface area contributed by atoms with Crippen LogP contribution in [0.15, 0.2) is 28.5 Å². The summed E-state index contributed by atoms with van der Waals surface area (Å²) in [5.74, 6) is 0. The van der Waals surface area contributed by atoms with Gasteiger partial charge in [0.15, 0.2) is 10.9 Å². The first kappa shape index (κ1) is 13.6. The molecule has 0 unspecified atom stereocenters. The summed E-state index contributed by atoms with van der Waals surface area (Å²) in [6.07, 6.45) is 2.98. The number of nitrogens with zero attached hydrogens (tertiary/aromatic N) is 3. The van der Waals surface area contributed by atoms with E-state index in [0.717, 1.165) is 30.4 Å². The minimum atomic E-state index is 0.299. The van der Waals surface area contributed by atoms with Gasteiger partial charge in [0.1, 0.15) is 6.07 Å². The third-order valence-electron chi connectivity index (χ3n) is 3.15. The van der Waals surface area contributed by atoms with Gasteiger partial charge in [0.25, 0.3) is 0 Å². The smallest absolute Gasteiger partial charge is 0.174 e. The fourth-order valence-electron chi connectivity index (χ4n) is 2.22. The Bertz CT molecular complexity index is 594. The van der Waals surface area contributed by atoms with E-state index >= 15 is 0 Å². The van der Waals surface area contributed by atoms with Crippen molar-refractivity contribution in [2.75, 3.05) is 0 Å². The fourth-order valence-corrected chi connectivity index (χ4v) is 2.45. The normalized spacial score (nSPS) is 14.1. The van der Waals surface area contributed by atoms with Crippen LogP contribution in [0.4, 0.5) is 0 Å². The van der Waals surface area contributed by atoms with E-state index < -0.39 is 0 Å². The predicted octanol–water partition coefficient (Wildman–Crippen LogP) is 3.61. The summed E-state index contributed by atoms with van der Waals surface area (Å²) in [7, 11) is 0. The van der Waals surface area contributed by atoms with Crippen LogP contribution in [0.1, 0.15) is 37.0 Å². The van der Waals surface area contributed by atoms with Gasteiger partial charge in [-0.25, -0.2) is 0 Å². The molecule has 0 spiro atoms. The van der Waals surface area contributed by atoms with Crippen LogP contribution in [0.25, 0.3) is 5.57 Å². The highest BCUT2D eigenvalue weighted by Crippen LogP contribution is 2.30. The van der Waals surface area contributed by atoms with E-state index in [0.29, 0.717) is 16.4 Å². The summed E-state index contributed by atoms with van der Waals surface area (Å²) in [4.78, 5) is 0. The topological polar surface area (TPSA) is 50.2 Å². The minimum Gasteiger partial charge on any atom is -0.191 e. The van der Waals surface area contributed by atoms with Crippen molar-refractivity contribution in [2.24, 2.45) is 5.10 Å². The van der Waals surface area contributed by atoms with Crippen LogP contribution in [0.3, 0.4) is 0 Å². The van der Waals surface area contributed by atoms with E-state index in [1.165, 1.54) is 5.56 Å². The molecule has 0 fully saturated rings. The van der Waals surface area contributed by atoms with Crippen molar-refractivity contribution in [3.63, 3.8) is 0 Å². The highest BCUT2D eigenvalue weighted by atomic mass is 35.5. The van der Waals surface area contributed by atoms with E-state index in [-0.39, 0.29) is 0 Å². The van der Waals surface area contributed by atoms with Crippen molar-refractivity contribution in [1.82, 2.24) is 5.43 Å². The molecule has 0 saturated carbocycles. The molecule has 1 radical (unpaired) electrons. The number of aryl methyl sites for hydroxylation is 2. The van der Waals surface area contributed by atoms with Gasteiger partial charge in [-0.15, -0.1) is 10.5 Å². The maximum Gasteiger partial charge on any atom is 0.174 e. The van der Waals surface area contributed by atoms with Gasteiger partial charge in [0.2, 0.25) is 0 Å². The zero-order valence-electron chi connectivity index (χ0n) is 11.1. The monoisotopic (exact) mass is 272 g/mol. The number of nitriles is 1. The molecule has 0 aromatic heterocycles. The number of hydrogen-bond donors (Lipinski definition) is 0. The van der Waals surface area contributed by atoms with Gasteiger partial charge in [0.05, 0.1) is 5.57 Å². The lowest BCUT2D eigenvalue weighted by Crippen LogP contribution is -2.01. The molecule has 0 N–H and O–H groups in total. The summed E-state index contributed by atoms with van der Waals surface area (Å²) in [6.45, 7) is 4.23. The zero-order valence-corrected chi connectivity index (χ0v) is 11.8. The Hall–Kier alpha value is -1.79. The molecule has 1 aliphatic rings. The van der Waals surface area contributed by atoms with E-state index in [4.69, 9.17) is 16.9 Å². The van der Waals surface area contributed by atoms with Crippen LogP contribution in [-0.2, 0) is 12.8 Å². The van der Waals surface area contributed by atoms with Gasteiger partial charge < -0.3 is 0 Å². The maximum atomic E-state index is 9.12. The molecule has 0 aliphatic carbocycles. The van der Waals surface area contributed by atoms with Crippen LogP contribution in [-0.4, -0.2) is 5.71 Å². The molecule has 1 aliphatic heterocycles. The SMILES string of the molecule is CCCc1ccc(CC)c(C2=C(Cl)[N]N=C2C#N)c1. The molecule has 2 rings (SSSR count). The van der Waals surface area contributed by atoms with Gasteiger partial charge in [-0.3, -0.25) is 0 Å². The van der Waals surface area contributed by atoms with Crippen LogP contribution >= 0.6 is 11.6 Å². The predicted molar refractivity (Wildman–Crippen MR) is 77.8 cm³/mol. The summed E-state index contributed by atoms with van der Waals surface area (Å²) in [6, 6.07) is 8.40. The lowest BCUT2D eigenvalue weighted by atomic mass is 9.93. The van der Waals surface area contributed by atoms with E-state index in [1.807, 2.05) is 0 Å². The first-order chi connectivity index (χ1) is 9.21. The molecule has 1 aromatic carbocycles. The van der Waals surface area contributed by atoms with Crippen molar-refractivity contribution >= 4 is 22.9 Å². The molecule has 1 heterocycles. The third-order valence-corrected chi connectivity index (χ3v) is 3.41. The number of benzene rings is 1.